The molecule has 1 N–H and O–H groups in total. The molecular weight excluding hydrogens is 436 g/mol. The number of hydrogen-bond donors (Lipinski definition) is 1. The molecule has 0 spiro atoms. The van der Waals surface area contributed by atoms with Crippen molar-refractivity contribution in [2.45, 2.75) is 70.9 Å². The first-order valence-corrected chi connectivity index (χ1v) is 13.2. The molecule has 0 bridgehead atoms. The molecule has 2 saturated heterocycles. The molecular formula is C29H36N4O2. The maximum atomic E-state index is 13.6. The molecule has 2 aliphatic rings. The van der Waals surface area contributed by atoms with Gasteiger partial charge in [0.1, 0.15) is 11.9 Å². The lowest BCUT2D eigenvalue weighted by molar-refractivity contribution is -0.126. The van der Waals surface area contributed by atoms with Crippen LogP contribution in [0.15, 0.2) is 47.3 Å². The Labute approximate surface area is 207 Å². The summed E-state index contributed by atoms with van der Waals surface area (Å²) in [6, 6.07) is 14.5. The highest BCUT2D eigenvalue weighted by Crippen LogP contribution is 2.22. The number of piperidine rings is 2. The molecule has 6 nitrogen and oxygen atoms in total. The summed E-state index contributed by atoms with van der Waals surface area (Å²) >= 11 is 0. The van der Waals surface area contributed by atoms with Crippen molar-refractivity contribution in [3.63, 3.8) is 0 Å². The summed E-state index contributed by atoms with van der Waals surface area (Å²) in [6.45, 7) is 5.98. The third-order valence-electron chi connectivity index (χ3n) is 7.55. The highest BCUT2D eigenvalue weighted by Gasteiger charge is 2.27. The minimum Gasteiger partial charge on any atom is -0.354 e. The van der Waals surface area contributed by atoms with Crippen molar-refractivity contribution in [1.82, 2.24) is 19.8 Å². The van der Waals surface area contributed by atoms with Gasteiger partial charge in [-0.3, -0.25) is 19.1 Å². The van der Waals surface area contributed by atoms with Crippen LogP contribution in [0.4, 0.5) is 0 Å². The normalized spacial score (nSPS) is 19.1. The molecule has 2 aromatic carbocycles. The summed E-state index contributed by atoms with van der Waals surface area (Å²) in [7, 11) is 0. The van der Waals surface area contributed by atoms with Crippen molar-refractivity contribution in [2.24, 2.45) is 0 Å². The standard InChI is InChI=1S/C29H36N4O2/c1-21-31-25-11-6-10-24(27(25)29(35)33(21)26-12-7-17-30-28(26)34)9-5-8-22-13-15-23(16-14-22)20-32-18-3-2-4-19-32/h6,10-11,13-16,26H,2-5,7-9,12,17-20H2,1H3,(H,30,34). The monoisotopic (exact) mass is 472 g/mol. The maximum absolute atomic E-state index is 13.6. The number of rotatable bonds is 7. The third-order valence-corrected chi connectivity index (χ3v) is 7.55. The third kappa shape index (κ3) is 5.32. The van der Waals surface area contributed by atoms with E-state index in [0.717, 1.165) is 43.3 Å². The average molecular weight is 473 g/mol. The number of benzene rings is 2. The van der Waals surface area contributed by atoms with Gasteiger partial charge < -0.3 is 5.32 Å². The zero-order valence-corrected chi connectivity index (χ0v) is 20.8. The number of nitrogens with one attached hydrogen (secondary N) is 1. The van der Waals surface area contributed by atoms with Gasteiger partial charge in [-0.05, 0) is 87.7 Å². The van der Waals surface area contributed by atoms with Crippen LogP contribution in [0.2, 0.25) is 0 Å². The van der Waals surface area contributed by atoms with E-state index in [0.29, 0.717) is 24.2 Å². The van der Waals surface area contributed by atoms with Gasteiger partial charge in [0, 0.05) is 13.1 Å². The van der Waals surface area contributed by atoms with E-state index in [1.165, 1.54) is 43.5 Å². The molecule has 1 atom stereocenters. The quantitative estimate of drug-likeness (QED) is 0.556. The number of nitrogens with zero attached hydrogens (tertiary/aromatic N) is 3. The van der Waals surface area contributed by atoms with Crippen molar-refractivity contribution in [2.75, 3.05) is 19.6 Å². The van der Waals surface area contributed by atoms with E-state index in [-0.39, 0.29) is 11.5 Å². The lowest BCUT2D eigenvalue weighted by Gasteiger charge is -2.26. The van der Waals surface area contributed by atoms with Crippen LogP contribution in [0.25, 0.3) is 10.9 Å². The molecule has 35 heavy (non-hydrogen) atoms. The number of carbonyl (C=O) groups is 1. The molecule has 0 radical (unpaired) electrons. The molecule has 3 heterocycles. The van der Waals surface area contributed by atoms with E-state index in [2.05, 4.69) is 34.5 Å². The van der Waals surface area contributed by atoms with E-state index in [1.807, 2.05) is 25.1 Å². The predicted octanol–water partition coefficient (Wildman–Crippen LogP) is 4.32. The molecule has 0 aliphatic carbocycles. The highest BCUT2D eigenvalue weighted by molar-refractivity contribution is 5.84. The summed E-state index contributed by atoms with van der Waals surface area (Å²) in [5.74, 6) is 0.523. The van der Waals surface area contributed by atoms with Crippen LogP contribution < -0.4 is 10.9 Å². The van der Waals surface area contributed by atoms with Crippen LogP contribution in [0.3, 0.4) is 0 Å². The fraction of sp³-hybridized carbons (Fsp3) is 0.483. The average Bonchev–Trinajstić information content (AvgIpc) is 2.87. The Morgan fingerprint density at radius 2 is 1.71 bits per heavy atom. The van der Waals surface area contributed by atoms with Gasteiger partial charge in [-0.1, -0.05) is 42.8 Å². The van der Waals surface area contributed by atoms with Gasteiger partial charge in [-0.25, -0.2) is 4.98 Å². The summed E-state index contributed by atoms with van der Waals surface area (Å²) in [4.78, 5) is 33.3. The van der Waals surface area contributed by atoms with Crippen LogP contribution in [-0.4, -0.2) is 40.0 Å². The molecule has 1 aromatic heterocycles. The van der Waals surface area contributed by atoms with Crippen molar-refractivity contribution in [3.05, 3.63) is 75.3 Å². The summed E-state index contributed by atoms with van der Waals surface area (Å²) in [5, 5.41) is 3.56. The van der Waals surface area contributed by atoms with Gasteiger partial charge in [0.15, 0.2) is 0 Å². The number of likely N-dealkylation sites (tertiary alicyclic amines) is 1. The molecule has 1 unspecified atom stereocenters. The number of aryl methyl sites for hydroxylation is 3. The highest BCUT2D eigenvalue weighted by atomic mass is 16.2. The van der Waals surface area contributed by atoms with Crippen LogP contribution in [0.5, 0.6) is 0 Å². The number of amides is 1. The van der Waals surface area contributed by atoms with Crippen LogP contribution in [-0.2, 0) is 24.2 Å². The molecule has 2 aliphatic heterocycles. The Morgan fingerprint density at radius 3 is 2.49 bits per heavy atom. The summed E-state index contributed by atoms with van der Waals surface area (Å²) in [6.07, 6.45) is 8.30. The van der Waals surface area contributed by atoms with E-state index >= 15 is 0 Å². The minimum absolute atomic E-state index is 0.0798. The molecule has 3 aromatic rings. The fourth-order valence-electron chi connectivity index (χ4n) is 5.67. The van der Waals surface area contributed by atoms with Crippen molar-refractivity contribution in [1.29, 1.82) is 0 Å². The number of aromatic nitrogens is 2. The molecule has 6 heteroatoms. The first-order valence-electron chi connectivity index (χ1n) is 13.2. The Kier molecular flexibility index (Phi) is 7.28. The van der Waals surface area contributed by atoms with E-state index < -0.39 is 6.04 Å². The van der Waals surface area contributed by atoms with Gasteiger partial charge in [0.05, 0.1) is 10.9 Å². The first-order chi connectivity index (χ1) is 17.1. The van der Waals surface area contributed by atoms with Gasteiger partial charge in [0.25, 0.3) is 5.56 Å². The number of fused-ring (bicyclic) bond motifs is 1. The number of hydrogen-bond acceptors (Lipinski definition) is 4. The zero-order valence-electron chi connectivity index (χ0n) is 20.8. The molecule has 0 saturated carbocycles. The van der Waals surface area contributed by atoms with Gasteiger partial charge in [-0.15, -0.1) is 0 Å². The summed E-state index contributed by atoms with van der Waals surface area (Å²) in [5.41, 5.74) is 4.37. The second kappa shape index (κ2) is 10.7. The fourth-order valence-corrected chi connectivity index (χ4v) is 5.67. The SMILES string of the molecule is Cc1nc2cccc(CCCc3ccc(CN4CCCCC4)cc3)c2c(=O)n1C1CCCNC1=O. The molecule has 1 amide bonds. The van der Waals surface area contributed by atoms with Crippen molar-refractivity contribution in [3.8, 4) is 0 Å². The second-order valence-corrected chi connectivity index (χ2v) is 10.1. The molecule has 184 valence electrons. The Hall–Kier alpha value is -2.99. The van der Waals surface area contributed by atoms with E-state index in [4.69, 9.17) is 4.98 Å². The molecule has 2 fully saturated rings. The van der Waals surface area contributed by atoms with Crippen LogP contribution in [0.1, 0.15) is 67.1 Å². The van der Waals surface area contributed by atoms with Gasteiger partial charge >= 0.3 is 0 Å². The van der Waals surface area contributed by atoms with Gasteiger partial charge in [0.2, 0.25) is 5.91 Å². The van der Waals surface area contributed by atoms with Crippen molar-refractivity contribution >= 4 is 16.8 Å². The largest absolute Gasteiger partial charge is 0.354 e. The van der Waals surface area contributed by atoms with Crippen LogP contribution in [0, 0.1) is 6.92 Å². The molecule has 5 rings (SSSR count). The van der Waals surface area contributed by atoms with Crippen molar-refractivity contribution < 1.29 is 4.79 Å². The summed E-state index contributed by atoms with van der Waals surface area (Å²) < 4.78 is 1.61. The Morgan fingerprint density at radius 1 is 0.943 bits per heavy atom. The van der Waals surface area contributed by atoms with Gasteiger partial charge in [-0.2, -0.15) is 0 Å². The topological polar surface area (TPSA) is 67.2 Å². The Bertz CT molecular complexity index is 1240. The zero-order chi connectivity index (χ0) is 24.2. The number of carbonyl (C=O) groups excluding carboxylic acids is 1. The smallest absolute Gasteiger partial charge is 0.262 e. The van der Waals surface area contributed by atoms with E-state index in [9.17, 15) is 9.59 Å². The Balaban J connectivity index is 1.29. The second-order valence-electron chi connectivity index (χ2n) is 10.1. The van der Waals surface area contributed by atoms with E-state index in [1.54, 1.807) is 4.57 Å². The first kappa shape index (κ1) is 23.7. The lowest BCUT2D eigenvalue weighted by atomic mass is 9.99. The minimum atomic E-state index is -0.468. The maximum Gasteiger partial charge on any atom is 0.262 e. The predicted molar refractivity (Wildman–Crippen MR) is 140 cm³/mol. The lowest BCUT2D eigenvalue weighted by Crippen LogP contribution is -2.42. The van der Waals surface area contributed by atoms with Crippen LogP contribution >= 0.6 is 0 Å².